The molecule has 0 radical (unpaired) electrons. The number of para-hydroxylation sites is 1. The summed E-state index contributed by atoms with van der Waals surface area (Å²) >= 11 is 1.48. The zero-order valence-corrected chi connectivity index (χ0v) is 21.5. The van der Waals surface area contributed by atoms with Gasteiger partial charge in [0.2, 0.25) is 11.8 Å². The third kappa shape index (κ3) is 3.76. The molecule has 2 aliphatic heterocycles. The molecule has 2 aliphatic rings. The number of thioether (sulfide) groups is 1. The molecule has 2 aromatic rings. The summed E-state index contributed by atoms with van der Waals surface area (Å²) in [5.74, 6) is 0.202. The molecule has 4 atom stereocenters. The van der Waals surface area contributed by atoms with Crippen LogP contribution in [0.25, 0.3) is 10.9 Å². The second-order valence-corrected chi connectivity index (χ2v) is 10.7. The van der Waals surface area contributed by atoms with E-state index in [1.54, 1.807) is 16.9 Å². The minimum absolute atomic E-state index is 0.0758. The Morgan fingerprint density at radius 1 is 1.29 bits per heavy atom. The largest absolute Gasteiger partial charge is 0.386 e. The van der Waals surface area contributed by atoms with Gasteiger partial charge in [-0.05, 0) is 24.7 Å². The Labute approximate surface area is 205 Å². The maximum absolute atomic E-state index is 13.8. The molecule has 1 aromatic carbocycles. The second-order valence-electron chi connectivity index (χ2n) is 9.91. The number of piperazine rings is 1. The summed E-state index contributed by atoms with van der Waals surface area (Å²) in [4.78, 5) is 30.7. The highest BCUT2D eigenvalue weighted by Crippen LogP contribution is 2.43. The van der Waals surface area contributed by atoms with Gasteiger partial charge in [0.15, 0.2) is 0 Å². The summed E-state index contributed by atoms with van der Waals surface area (Å²) < 4.78 is 7.56. The molecule has 1 aromatic heterocycles. The molecule has 2 amide bonds. The first-order chi connectivity index (χ1) is 16.2. The lowest BCUT2D eigenvalue weighted by atomic mass is 9.83. The molecular weight excluding hydrogens is 450 g/mol. The smallest absolute Gasteiger partial charge is 0.249 e. The van der Waals surface area contributed by atoms with Crippen LogP contribution in [0, 0.1) is 5.92 Å². The van der Waals surface area contributed by atoms with E-state index in [2.05, 4.69) is 6.58 Å². The van der Waals surface area contributed by atoms with Crippen LogP contribution in [0.3, 0.4) is 0 Å². The second kappa shape index (κ2) is 9.40. The van der Waals surface area contributed by atoms with E-state index < -0.39 is 23.6 Å². The van der Waals surface area contributed by atoms with Crippen molar-refractivity contribution in [3.8, 4) is 0 Å². The Bertz CT molecular complexity index is 1110. The molecule has 34 heavy (non-hydrogen) atoms. The number of aliphatic hydroxyl groups is 1. The molecule has 1 N–H and O–H groups in total. The van der Waals surface area contributed by atoms with Gasteiger partial charge in [-0.15, -0.1) is 18.3 Å². The van der Waals surface area contributed by atoms with Crippen molar-refractivity contribution in [3.63, 3.8) is 0 Å². The predicted molar refractivity (Wildman–Crippen MR) is 135 cm³/mol. The number of hydrogen-bond donors (Lipinski definition) is 1. The Balaban J connectivity index is 1.93. The van der Waals surface area contributed by atoms with E-state index in [4.69, 9.17) is 4.74 Å². The zero-order chi connectivity index (χ0) is 24.8. The number of ether oxygens (including phenoxy) is 1. The van der Waals surface area contributed by atoms with Gasteiger partial charge >= 0.3 is 0 Å². The molecule has 0 saturated carbocycles. The van der Waals surface area contributed by atoms with Crippen molar-refractivity contribution in [2.45, 2.75) is 57.5 Å². The van der Waals surface area contributed by atoms with Gasteiger partial charge in [0.05, 0.1) is 11.4 Å². The molecule has 4 rings (SSSR count). The summed E-state index contributed by atoms with van der Waals surface area (Å²) in [5, 5.41) is 12.8. The van der Waals surface area contributed by atoms with Crippen molar-refractivity contribution in [2.24, 2.45) is 5.92 Å². The van der Waals surface area contributed by atoms with E-state index >= 15 is 0 Å². The number of allylic oxidation sites excluding steroid dienone is 1. The number of aliphatic hydroxyl groups excluding tert-OH is 1. The van der Waals surface area contributed by atoms with Crippen LogP contribution < -0.4 is 0 Å². The molecule has 184 valence electrons. The topological polar surface area (TPSA) is 75.0 Å². The van der Waals surface area contributed by atoms with Crippen LogP contribution in [-0.4, -0.2) is 69.2 Å². The minimum Gasteiger partial charge on any atom is -0.386 e. The number of methoxy groups -OCH3 is 1. The van der Waals surface area contributed by atoms with Gasteiger partial charge in [-0.3, -0.25) is 9.59 Å². The van der Waals surface area contributed by atoms with Crippen LogP contribution in [0.4, 0.5) is 0 Å². The lowest BCUT2D eigenvalue weighted by molar-refractivity contribution is -0.164. The van der Waals surface area contributed by atoms with E-state index in [0.29, 0.717) is 18.0 Å². The number of fused-ring (bicyclic) bond motifs is 2. The van der Waals surface area contributed by atoms with E-state index in [-0.39, 0.29) is 24.5 Å². The molecule has 0 bridgehead atoms. The predicted octanol–water partition coefficient (Wildman–Crippen LogP) is 3.51. The van der Waals surface area contributed by atoms with Crippen molar-refractivity contribution in [3.05, 3.63) is 48.2 Å². The average molecular weight is 486 g/mol. The van der Waals surface area contributed by atoms with Crippen molar-refractivity contribution in [1.29, 1.82) is 0 Å². The highest BCUT2D eigenvalue weighted by molar-refractivity contribution is 7.98. The molecule has 0 aliphatic carbocycles. The summed E-state index contributed by atoms with van der Waals surface area (Å²) in [5.41, 5.74) is 1.87. The summed E-state index contributed by atoms with van der Waals surface area (Å²) in [7, 11) is 1.63. The number of amides is 2. The standard InChI is InChI=1S/C26H35N3O4S/c1-7-26(3,4)23-19(17-10-8-9-11-18(17)28(23)14-33-5)22(30)21-25(32)27-13-12-16(2)20(27)24(31)29(21)15-34-6/h7-11,16,20-22,30H,1,12-15H2,2-6H3/t16-,20-,21?,22?/m0/s1. The van der Waals surface area contributed by atoms with Crippen LogP contribution >= 0.6 is 11.8 Å². The minimum atomic E-state index is -1.20. The van der Waals surface area contributed by atoms with E-state index in [9.17, 15) is 14.7 Å². The lowest BCUT2D eigenvalue weighted by Crippen LogP contribution is -2.65. The Kier molecular flexibility index (Phi) is 6.86. The van der Waals surface area contributed by atoms with E-state index in [1.807, 2.05) is 61.9 Å². The van der Waals surface area contributed by atoms with Gasteiger partial charge < -0.3 is 24.2 Å². The van der Waals surface area contributed by atoms with Crippen LogP contribution in [0.2, 0.25) is 0 Å². The third-order valence-corrected chi connectivity index (χ3v) is 7.90. The molecule has 3 heterocycles. The molecule has 0 spiro atoms. The number of hydrogen-bond acceptors (Lipinski definition) is 5. The number of carbonyl (C=O) groups is 2. The Morgan fingerprint density at radius 3 is 2.65 bits per heavy atom. The van der Waals surface area contributed by atoms with E-state index in [0.717, 1.165) is 23.0 Å². The van der Waals surface area contributed by atoms with Gasteiger partial charge in [-0.2, -0.15) is 0 Å². The van der Waals surface area contributed by atoms with Gasteiger partial charge in [0.25, 0.3) is 0 Å². The number of rotatable bonds is 8. The number of aromatic nitrogens is 1. The number of carbonyl (C=O) groups excluding carboxylic acids is 2. The van der Waals surface area contributed by atoms with Gasteiger partial charge in [-0.25, -0.2) is 0 Å². The average Bonchev–Trinajstić information content (AvgIpc) is 3.37. The highest BCUT2D eigenvalue weighted by atomic mass is 32.2. The van der Waals surface area contributed by atoms with Gasteiger partial charge in [-0.1, -0.05) is 45.0 Å². The fourth-order valence-corrected chi connectivity index (χ4v) is 6.18. The summed E-state index contributed by atoms with van der Waals surface area (Å²) in [6, 6.07) is 6.38. The van der Waals surface area contributed by atoms with Crippen LogP contribution in [0.1, 0.15) is 44.6 Å². The summed E-state index contributed by atoms with van der Waals surface area (Å²) in [6.07, 6.45) is 3.34. The zero-order valence-electron chi connectivity index (χ0n) is 20.7. The van der Waals surface area contributed by atoms with Crippen LogP contribution in [0.15, 0.2) is 36.9 Å². The Hall–Kier alpha value is -2.29. The quantitative estimate of drug-likeness (QED) is 0.579. The van der Waals surface area contributed by atoms with Gasteiger partial charge in [0.1, 0.15) is 24.9 Å². The van der Waals surface area contributed by atoms with Crippen molar-refractivity contribution >= 4 is 34.5 Å². The third-order valence-electron chi connectivity index (χ3n) is 7.36. The maximum Gasteiger partial charge on any atom is 0.249 e. The SMILES string of the molecule is C=CC(C)(C)c1c(C(O)C2C(=O)N3CC[C@H](C)[C@H]3C(=O)N2CSC)c2ccccc2n1COC. The van der Waals surface area contributed by atoms with Gasteiger partial charge in [0, 0.05) is 35.7 Å². The number of benzene rings is 1. The molecular formula is C26H35N3O4S. The maximum atomic E-state index is 13.8. The normalized spacial score (nSPS) is 24.1. The Morgan fingerprint density at radius 2 is 2.00 bits per heavy atom. The first-order valence-electron chi connectivity index (χ1n) is 11.7. The van der Waals surface area contributed by atoms with Crippen LogP contribution in [0.5, 0.6) is 0 Å². The molecule has 7 nitrogen and oxygen atoms in total. The number of nitrogens with zero attached hydrogens (tertiary/aromatic N) is 3. The highest BCUT2D eigenvalue weighted by Gasteiger charge is 2.53. The molecule has 2 unspecified atom stereocenters. The van der Waals surface area contributed by atoms with Crippen molar-refractivity contribution < 1.29 is 19.4 Å². The molecule has 8 heteroatoms. The molecule has 2 fully saturated rings. The fourth-order valence-electron chi connectivity index (χ4n) is 5.61. The fraction of sp³-hybridized carbons (Fsp3) is 0.538. The molecule has 2 saturated heterocycles. The van der Waals surface area contributed by atoms with Crippen molar-refractivity contribution in [2.75, 3.05) is 25.8 Å². The van der Waals surface area contributed by atoms with Crippen molar-refractivity contribution in [1.82, 2.24) is 14.4 Å². The van der Waals surface area contributed by atoms with E-state index in [1.165, 1.54) is 11.8 Å². The van der Waals surface area contributed by atoms with Crippen LogP contribution in [-0.2, 0) is 26.5 Å². The lowest BCUT2D eigenvalue weighted by Gasteiger charge is -2.45. The first-order valence-corrected chi connectivity index (χ1v) is 13.1. The summed E-state index contributed by atoms with van der Waals surface area (Å²) in [6.45, 7) is 11.0. The monoisotopic (exact) mass is 485 g/mol. The first kappa shape index (κ1) is 24.8.